The van der Waals surface area contributed by atoms with Crippen LogP contribution in [0, 0.1) is 0 Å². The van der Waals surface area contributed by atoms with Crippen LogP contribution < -0.4 is 9.88 Å². The van der Waals surface area contributed by atoms with E-state index in [-0.39, 0.29) is 14.2 Å². The van der Waals surface area contributed by atoms with Crippen molar-refractivity contribution in [3.8, 4) is 5.75 Å². The molecule has 0 aliphatic carbocycles. The van der Waals surface area contributed by atoms with Gasteiger partial charge >= 0.3 is 0 Å². The number of sulfone groups is 1. The Hall–Kier alpha value is -0.900. The number of thiophene rings is 1. The Morgan fingerprint density at radius 1 is 1.47 bits per heavy atom. The Balaban J connectivity index is 2.83. The third-order valence-corrected chi connectivity index (χ3v) is 6.92. The summed E-state index contributed by atoms with van der Waals surface area (Å²) in [5, 5.41) is 6.07. The molecule has 2 heterocycles. The Labute approximate surface area is 103 Å². The molecule has 0 saturated heterocycles. The van der Waals surface area contributed by atoms with Crippen molar-refractivity contribution < 1.29 is 21.6 Å². The van der Waals surface area contributed by atoms with Crippen LogP contribution in [-0.4, -0.2) is 23.9 Å². The molecular weight excluding hydrogens is 286 g/mol. The fraction of sp³-hybridized carbons (Fsp3) is 0.250. The van der Waals surface area contributed by atoms with Crippen LogP contribution in [0.25, 0.3) is 0 Å². The molecule has 94 valence electrons. The Bertz CT molecular complexity index is 696. The summed E-state index contributed by atoms with van der Waals surface area (Å²) in [4.78, 5) is 0. The van der Waals surface area contributed by atoms with Crippen LogP contribution in [0.2, 0.25) is 0 Å². The van der Waals surface area contributed by atoms with E-state index in [4.69, 9.17) is 9.88 Å². The predicted octanol–water partition coefficient (Wildman–Crippen LogP) is 0.248. The van der Waals surface area contributed by atoms with Crippen molar-refractivity contribution in [3.63, 3.8) is 0 Å². The third kappa shape index (κ3) is 1.99. The van der Waals surface area contributed by atoms with Gasteiger partial charge in [-0.1, -0.05) is 6.08 Å². The number of fused-ring (bicyclic) bond motifs is 1. The van der Waals surface area contributed by atoms with Gasteiger partial charge in [-0.05, 0) is 6.42 Å². The summed E-state index contributed by atoms with van der Waals surface area (Å²) in [7, 11) is -6.28. The fourth-order valence-electron chi connectivity index (χ4n) is 1.56. The summed E-state index contributed by atoms with van der Waals surface area (Å²) in [6, 6.07) is 0. The maximum absolute atomic E-state index is 11.7. The smallest absolute Gasteiger partial charge is 0.251 e. The zero-order valence-corrected chi connectivity index (χ0v) is 11.2. The van der Waals surface area contributed by atoms with Gasteiger partial charge in [0.15, 0.2) is 9.96 Å². The molecule has 1 aliphatic rings. The van der Waals surface area contributed by atoms with Crippen LogP contribution in [0.1, 0.15) is 5.56 Å². The molecule has 1 aliphatic heterocycles. The maximum atomic E-state index is 11.7. The number of allylic oxidation sites excluding steroid dienone is 1. The summed E-state index contributed by atoms with van der Waals surface area (Å²) in [5.41, 5.74) is 0.351. The van der Waals surface area contributed by atoms with E-state index in [9.17, 15) is 16.8 Å². The number of rotatable bonds is 2. The fourth-order valence-corrected chi connectivity index (χ4v) is 5.54. The quantitative estimate of drug-likeness (QED) is 0.842. The summed E-state index contributed by atoms with van der Waals surface area (Å²) >= 11 is 0.623. The second-order valence-electron chi connectivity index (χ2n) is 3.35. The number of ether oxygens (including phenoxy) is 1. The summed E-state index contributed by atoms with van der Waals surface area (Å²) in [5.74, 6) is 0.0282. The van der Waals surface area contributed by atoms with Gasteiger partial charge in [0, 0.05) is 11.0 Å². The van der Waals surface area contributed by atoms with E-state index >= 15 is 0 Å². The van der Waals surface area contributed by atoms with Crippen molar-refractivity contribution >= 4 is 31.2 Å². The molecule has 6 nitrogen and oxygen atoms in total. The van der Waals surface area contributed by atoms with Crippen LogP contribution in [0.15, 0.2) is 19.9 Å². The lowest BCUT2D eigenvalue weighted by molar-refractivity contribution is 0.401. The number of sulfonamides is 1. The van der Waals surface area contributed by atoms with E-state index in [1.54, 1.807) is 0 Å². The van der Waals surface area contributed by atoms with Crippen LogP contribution in [0.4, 0.5) is 0 Å². The molecule has 9 heteroatoms. The molecule has 0 amide bonds. The second-order valence-corrected chi connectivity index (χ2v) is 8.16. The van der Waals surface area contributed by atoms with E-state index in [2.05, 4.69) is 0 Å². The van der Waals surface area contributed by atoms with Gasteiger partial charge in [-0.2, -0.15) is 0 Å². The van der Waals surface area contributed by atoms with Gasteiger partial charge in [0.1, 0.15) is 4.21 Å². The highest BCUT2D eigenvalue weighted by atomic mass is 32.3. The average molecular weight is 295 g/mol. The van der Waals surface area contributed by atoms with E-state index < -0.39 is 19.9 Å². The second kappa shape index (κ2) is 3.80. The van der Waals surface area contributed by atoms with Crippen LogP contribution >= 0.6 is 11.3 Å². The Morgan fingerprint density at radius 3 is 2.65 bits per heavy atom. The highest BCUT2D eigenvalue weighted by molar-refractivity contribution is 7.97. The molecule has 0 radical (unpaired) electrons. The third-order valence-electron chi connectivity index (χ3n) is 2.21. The molecule has 17 heavy (non-hydrogen) atoms. The van der Waals surface area contributed by atoms with Gasteiger partial charge in [0.25, 0.3) is 10.0 Å². The lowest BCUT2D eigenvalue weighted by Crippen LogP contribution is -2.11. The molecule has 2 rings (SSSR count). The SMILES string of the molecule is COc1c(S(N)(=O)=O)sc2c1CC=CS2(=O)=O. The standard InChI is InChI=1S/C8H9NO5S3/c1-14-6-5-3-2-4-16(10,11)7(5)15-8(6)17(9,12)13/h2,4H,3H2,1H3,(H2,9,12,13). The first kappa shape index (κ1) is 12.6. The Morgan fingerprint density at radius 2 is 2.12 bits per heavy atom. The molecule has 0 spiro atoms. The molecule has 0 atom stereocenters. The molecule has 0 aromatic carbocycles. The predicted molar refractivity (Wildman–Crippen MR) is 62.3 cm³/mol. The molecule has 0 fully saturated rings. The molecule has 0 bridgehead atoms. The lowest BCUT2D eigenvalue weighted by Gasteiger charge is -2.07. The summed E-state index contributed by atoms with van der Waals surface area (Å²) < 4.78 is 50.8. The Kier molecular flexibility index (Phi) is 2.81. The largest absolute Gasteiger partial charge is 0.494 e. The van der Waals surface area contributed by atoms with Crippen molar-refractivity contribution in [1.29, 1.82) is 0 Å². The monoisotopic (exact) mass is 295 g/mol. The van der Waals surface area contributed by atoms with Gasteiger partial charge in [-0.3, -0.25) is 0 Å². The van der Waals surface area contributed by atoms with E-state index in [1.165, 1.54) is 13.2 Å². The first-order chi connectivity index (χ1) is 7.77. The summed E-state index contributed by atoms with van der Waals surface area (Å²) in [6.45, 7) is 0. The molecule has 0 unspecified atom stereocenters. The zero-order valence-electron chi connectivity index (χ0n) is 8.71. The number of hydrogen-bond acceptors (Lipinski definition) is 6. The van der Waals surface area contributed by atoms with Gasteiger partial charge < -0.3 is 4.74 Å². The lowest BCUT2D eigenvalue weighted by atomic mass is 10.2. The zero-order chi connectivity index (χ0) is 12.8. The van der Waals surface area contributed by atoms with Crippen molar-refractivity contribution in [1.82, 2.24) is 0 Å². The van der Waals surface area contributed by atoms with Crippen molar-refractivity contribution in [2.45, 2.75) is 14.8 Å². The van der Waals surface area contributed by atoms with Crippen molar-refractivity contribution in [3.05, 3.63) is 17.0 Å². The van der Waals surface area contributed by atoms with Gasteiger partial charge in [-0.25, -0.2) is 22.0 Å². The van der Waals surface area contributed by atoms with Gasteiger partial charge in [-0.15, -0.1) is 11.3 Å². The van der Waals surface area contributed by atoms with E-state index in [0.717, 1.165) is 5.41 Å². The van der Waals surface area contributed by atoms with Crippen molar-refractivity contribution in [2.75, 3.05) is 7.11 Å². The van der Waals surface area contributed by atoms with E-state index in [0.29, 0.717) is 23.3 Å². The van der Waals surface area contributed by atoms with Crippen LogP contribution in [0.5, 0.6) is 5.75 Å². The topological polar surface area (TPSA) is 104 Å². The number of hydrogen-bond donors (Lipinski definition) is 1. The van der Waals surface area contributed by atoms with E-state index in [1.807, 2.05) is 0 Å². The first-order valence-electron chi connectivity index (χ1n) is 4.41. The maximum Gasteiger partial charge on any atom is 0.251 e. The highest BCUT2D eigenvalue weighted by Crippen LogP contribution is 2.43. The number of primary sulfonamides is 1. The normalized spacial score (nSPS) is 17.8. The summed E-state index contributed by atoms with van der Waals surface area (Å²) in [6.07, 6.45) is 1.75. The van der Waals surface area contributed by atoms with Crippen LogP contribution in [-0.2, 0) is 26.3 Å². The minimum atomic E-state index is -3.99. The molecule has 0 saturated carbocycles. The number of nitrogens with two attached hydrogens (primary N) is 1. The molecule has 2 N–H and O–H groups in total. The number of methoxy groups -OCH3 is 1. The molecule has 1 aromatic heterocycles. The highest BCUT2D eigenvalue weighted by Gasteiger charge is 2.32. The minimum absolute atomic E-state index is 0.0131. The van der Waals surface area contributed by atoms with Gasteiger partial charge in [0.2, 0.25) is 9.84 Å². The van der Waals surface area contributed by atoms with Crippen LogP contribution in [0.3, 0.4) is 0 Å². The molecule has 1 aromatic rings. The first-order valence-corrected chi connectivity index (χ1v) is 8.32. The minimum Gasteiger partial charge on any atom is -0.494 e. The molecular formula is C8H9NO5S3. The average Bonchev–Trinajstić information content (AvgIpc) is 2.56. The van der Waals surface area contributed by atoms with Crippen molar-refractivity contribution in [2.24, 2.45) is 5.14 Å². The van der Waals surface area contributed by atoms with Gasteiger partial charge in [0.05, 0.1) is 7.11 Å².